The third-order valence-electron chi connectivity index (χ3n) is 0.692. The Labute approximate surface area is 61.8 Å². The smallest absolute Gasteiger partial charge is 0.363 e. The van der Waals surface area contributed by atoms with Crippen molar-refractivity contribution < 1.29 is 29.3 Å². The molecule has 8 heteroatoms. The molecule has 0 aliphatic carbocycles. The molecule has 0 aliphatic rings. The Morgan fingerprint density at radius 1 is 1.64 bits per heavy atom. The van der Waals surface area contributed by atoms with Crippen LogP contribution in [-0.4, -0.2) is 33.6 Å². The highest BCUT2D eigenvalue weighted by atomic mass is 31.1. The molecule has 0 saturated carbocycles. The quantitative estimate of drug-likeness (QED) is 0.174. The normalized spacial score (nSPS) is 14.5. The Bertz CT molecular complexity index is 200. The molecule has 11 heavy (non-hydrogen) atoms. The lowest BCUT2D eigenvalue weighted by molar-refractivity contribution is -0.129. The van der Waals surface area contributed by atoms with Gasteiger partial charge in [-0.3, -0.25) is 9.09 Å². The second kappa shape index (κ2) is 4.84. The summed E-state index contributed by atoms with van der Waals surface area (Å²) in [6.07, 6.45) is 0. The SMILES string of the molecule is O=C(O)C(=NO)[PH](=O)OCO. The summed E-state index contributed by atoms with van der Waals surface area (Å²) < 4.78 is 14.5. The molecule has 0 radical (unpaired) electrons. The van der Waals surface area contributed by atoms with E-state index in [1.54, 1.807) is 0 Å². The van der Waals surface area contributed by atoms with Crippen LogP contribution in [0, 0.1) is 0 Å². The predicted octanol–water partition coefficient (Wildman–Crippen LogP) is -0.700. The van der Waals surface area contributed by atoms with E-state index < -0.39 is 26.2 Å². The maximum atomic E-state index is 10.5. The zero-order valence-corrected chi connectivity index (χ0v) is 6.22. The molecule has 0 aromatic rings. The molecular weight excluding hydrogens is 177 g/mol. The number of hydrogen-bond donors (Lipinski definition) is 3. The number of nitrogens with zero attached hydrogens (tertiary/aromatic N) is 1. The molecule has 0 amide bonds. The van der Waals surface area contributed by atoms with E-state index in [0.717, 1.165) is 0 Å². The van der Waals surface area contributed by atoms with Gasteiger partial charge in [0.2, 0.25) is 5.45 Å². The van der Waals surface area contributed by atoms with Crippen LogP contribution in [0.15, 0.2) is 5.16 Å². The first-order valence-electron chi connectivity index (χ1n) is 2.36. The van der Waals surface area contributed by atoms with Gasteiger partial charge in [-0.2, -0.15) is 0 Å². The number of carbonyl (C=O) groups is 1. The summed E-state index contributed by atoms with van der Waals surface area (Å²) in [5, 5.41) is 26.4. The summed E-state index contributed by atoms with van der Waals surface area (Å²) in [5.41, 5.74) is -0.996. The number of aliphatic carboxylic acids is 1. The first-order valence-corrected chi connectivity index (χ1v) is 3.68. The molecule has 1 atom stereocenters. The van der Waals surface area contributed by atoms with Crippen molar-refractivity contribution in [3.8, 4) is 0 Å². The minimum Gasteiger partial charge on any atom is -0.476 e. The van der Waals surface area contributed by atoms with Gasteiger partial charge in [0.15, 0.2) is 6.79 Å². The number of aliphatic hydroxyl groups excluding tert-OH is 1. The largest absolute Gasteiger partial charge is 0.476 e. The van der Waals surface area contributed by atoms with Crippen LogP contribution >= 0.6 is 8.03 Å². The number of carboxylic acids is 1. The molecule has 0 aromatic carbocycles. The lowest BCUT2D eigenvalue weighted by atomic mass is 10.8. The minimum atomic E-state index is -3.13. The number of carboxylic acid groups (broad SMARTS) is 1. The van der Waals surface area contributed by atoms with Crippen LogP contribution in [0.1, 0.15) is 0 Å². The van der Waals surface area contributed by atoms with E-state index in [2.05, 4.69) is 9.68 Å². The Balaban J connectivity index is 4.29. The van der Waals surface area contributed by atoms with Crippen molar-refractivity contribution in [2.24, 2.45) is 5.16 Å². The average Bonchev–Trinajstić information content (AvgIpc) is 1.88. The maximum Gasteiger partial charge on any atom is 0.363 e. The van der Waals surface area contributed by atoms with E-state index in [0.29, 0.717) is 0 Å². The van der Waals surface area contributed by atoms with Crippen LogP contribution in [0.4, 0.5) is 0 Å². The van der Waals surface area contributed by atoms with Crippen molar-refractivity contribution in [1.82, 2.24) is 0 Å². The molecule has 0 heterocycles. The van der Waals surface area contributed by atoms with Crippen molar-refractivity contribution >= 4 is 19.5 Å². The topological polar surface area (TPSA) is 116 Å². The molecule has 0 bridgehead atoms. The van der Waals surface area contributed by atoms with E-state index >= 15 is 0 Å². The zero-order valence-electron chi connectivity index (χ0n) is 5.22. The van der Waals surface area contributed by atoms with E-state index in [1.807, 2.05) is 0 Å². The molecule has 7 nitrogen and oxygen atoms in total. The van der Waals surface area contributed by atoms with Crippen molar-refractivity contribution in [2.45, 2.75) is 0 Å². The summed E-state index contributed by atoms with van der Waals surface area (Å²) in [7, 11) is -3.13. The first kappa shape index (κ1) is 10.1. The van der Waals surface area contributed by atoms with E-state index in [4.69, 9.17) is 15.4 Å². The summed E-state index contributed by atoms with van der Waals surface area (Å²) in [5.74, 6) is -1.65. The molecule has 0 spiro atoms. The highest BCUT2D eigenvalue weighted by Gasteiger charge is 2.18. The molecular formula is C3H6NO6P. The van der Waals surface area contributed by atoms with Gasteiger partial charge in [0.25, 0.3) is 8.03 Å². The van der Waals surface area contributed by atoms with E-state index in [-0.39, 0.29) is 0 Å². The van der Waals surface area contributed by atoms with Gasteiger partial charge in [-0.05, 0) is 0 Å². The molecule has 0 aliphatic heterocycles. The monoisotopic (exact) mass is 183 g/mol. The second-order valence-electron chi connectivity index (χ2n) is 1.31. The second-order valence-corrected chi connectivity index (χ2v) is 2.65. The lowest BCUT2D eigenvalue weighted by Crippen LogP contribution is -2.09. The van der Waals surface area contributed by atoms with Crippen LogP contribution in [0.5, 0.6) is 0 Å². The Kier molecular flexibility index (Phi) is 4.44. The first-order chi connectivity index (χ1) is 5.13. The minimum absolute atomic E-state index is 0.885. The van der Waals surface area contributed by atoms with Crippen molar-refractivity contribution in [2.75, 3.05) is 6.79 Å². The van der Waals surface area contributed by atoms with Gasteiger partial charge in [0, 0.05) is 0 Å². The van der Waals surface area contributed by atoms with Crippen molar-refractivity contribution in [3.63, 3.8) is 0 Å². The molecule has 0 rings (SSSR count). The van der Waals surface area contributed by atoms with Crippen LogP contribution in [-0.2, 0) is 13.9 Å². The van der Waals surface area contributed by atoms with E-state index in [9.17, 15) is 9.36 Å². The highest BCUT2D eigenvalue weighted by molar-refractivity contribution is 7.63. The lowest BCUT2D eigenvalue weighted by Gasteiger charge is -1.97. The number of hydrogen-bond acceptors (Lipinski definition) is 6. The van der Waals surface area contributed by atoms with Gasteiger partial charge >= 0.3 is 5.97 Å². The van der Waals surface area contributed by atoms with Crippen molar-refractivity contribution in [3.05, 3.63) is 0 Å². The van der Waals surface area contributed by atoms with E-state index in [1.165, 1.54) is 0 Å². The highest BCUT2D eigenvalue weighted by Crippen LogP contribution is 2.23. The van der Waals surface area contributed by atoms with Crippen LogP contribution < -0.4 is 0 Å². The van der Waals surface area contributed by atoms with Crippen molar-refractivity contribution in [1.29, 1.82) is 0 Å². The fourth-order valence-corrected chi connectivity index (χ4v) is 0.808. The van der Waals surface area contributed by atoms with Gasteiger partial charge in [0.1, 0.15) is 0 Å². The predicted molar refractivity (Wildman–Crippen MR) is 34.0 cm³/mol. The number of aliphatic hydroxyl groups is 1. The standard InChI is InChI=1S/C3H6NO6P/c5-1-10-11(9)2(4-8)3(6)7/h5,8,11H,1H2,(H,6,7). The van der Waals surface area contributed by atoms with Gasteiger partial charge in [-0.15, -0.1) is 0 Å². The number of rotatable bonds is 4. The third-order valence-corrected chi connectivity index (χ3v) is 1.78. The molecule has 1 unspecified atom stereocenters. The van der Waals surface area contributed by atoms with Gasteiger partial charge in [-0.1, -0.05) is 5.16 Å². The van der Waals surface area contributed by atoms with Gasteiger partial charge in [0.05, 0.1) is 0 Å². The fourth-order valence-electron chi connectivity index (χ4n) is 0.298. The molecule has 64 valence electrons. The fraction of sp³-hybridized carbons (Fsp3) is 0.333. The summed E-state index contributed by atoms with van der Waals surface area (Å²) in [4.78, 5) is 10.0. The maximum absolute atomic E-state index is 10.5. The van der Waals surface area contributed by atoms with Gasteiger partial charge in [-0.25, -0.2) is 4.79 Å². The number of oxime groups is 1. The summed E-state index contributed by atoms with van der Waals surface area (Å²) in [6.45, 7) is -0.885. The molecule has 0 saturated heterocycles. The zero-order chi connectivity index (χ0) is 8.85. The van der Waals surface area contributed by atoms with Crippen LogP contribution in [0.25, 0.3) is 0 Å². The summed E-state index contributed by atoms with van der Waals surface area (Å²) >= 11 is 0. The van der Waals surface area contributed by atoms with Crippen LogP contribution in [0.3, 0.4) is 0 Å². The third kappa shape index (κ3) is 3.13. The Hall–Kier alpha value is -0.910. The van der Waals surface area contributed by atoms with Gasteiger partial charge < -0.3 is 15.4 Å². The van der Waals surface area contributed by atoms with Crippen LogP contribution in [0.2, 0.25) is 0 Å². The molecule has 0 aromatic heterocycles. The molecule has 0 fully saturated rings. The molecule has 3 N–H and O–H groups in total. The summed E-state index contributed by atoms with van der Waals surface area (Å²) in [6, 6.07) is 0. The average molecular weight is 183 g/mol. The Morgan fingerprint density at radius 3 is 2.45 bits per heavy atom. The Morgan fingerprint density at radius 2 is 2.18 bits per heavy atom.